The van der Waals surface area contributed by atoms with Gasteiger partial charge in [0, 0.05) is 53.2 Å². The minimum absolute atomic E-state index is 0.625. The average Bonchev–Trinajstić information content (AvgIpc) is 3.76. The first-order valence-corrected chi connectivity index (χ1v) is 17.9. The number of hydrogen-bond donors (Lipinski definition) is 0. The summed E-state index contributed by atoms with van der Waals surface area (Å²) >= 11 is 1.77. The number of hydrogen-bond acceptors (Lipinski definition) is 5. The van der Waals surface area contributed by atoms with E-state index in [0.717, 1.165) is 66.1 Å². The normalized spacial score (nSPS) is 11.4. The summed E-state index contributed by atoms with van der Waals surface area (Å²) in [6, 6.07) is 58.6. The lowest BCUT2D eigenvalue weighted by Gasteiger charge is -2.16. The van der Waals surface area contributed by atoms with Crippen molar-refractivity contribution in [3.8, 4) is 57.0 Å². The van der Waals surface area contributed by atoms with Gasteiger partial charge in [0.05, 0.1) is 22.3 Å². The number of fused-ring (bicyclic) bond motifs is 6. The Kier molecular flexibility index (Phi) is 6.98. The van der Waals surface area contributed by atoms with Crippen LogP contribution in [0.2, 0.25) is 0 Å². The predicted octanol–water partition coefficient (Wildman–Crippen LogP) is 11.9. The molecule has 5 nitrogen and oxygen atoms in total. The Hall–Kier alpha value is -6.94. The van der Waals surface area contributed by atoms with Gasteiger partial charge in [-0.15, -0.1) is 11.3 Å². The summed E-state index contributed by atoms with van der Waals surface area (Å²) in [7, 11) is 0. The Bertz CT molecular complexity index is 2920. The summed E-state index contributed by atoms with van der Waals surface area (Å²) in [6.07, 6.45) is 0. The molecular weight excluding hydrogens is 655 g/mol. The van der Waals surface area contributed by atoms with Gasteiger partial charge in [0.15, 0.2) is 17.5 Å². The minimum atomic E-state index is 0.625. The number of nitrogens with zero attached hydrogens (tertiary/aromatic N) is 5. The molecule has 10 aromatic rings. The highest BCUT2D eigenvalue weighted by atomic mass is 32.1. The first-order valence-electron chi connectivity index (χ1n) is 17.1. The first kappa shape index (κ1) is 29.9. The lowest BCUT2D eigenvalue weighted by molar-refractivity contribution is 1.07. The summed E-state index contributed by atoms with van der Waals surface area (Å²) in [6.45, 7) is 0. The zero-order valence-corrected chi connectivity index (χ0v) is 28.5. The zero-order chi connectivity index (χ0) is 34.6. The summed E-state index contributed by atoms with van der Waals surface area (Å²) in [5.74, 6) is 1.90. The van der Waals surface area contributed by atoms with E-state index < -0.39 is 0 Å². The highest BCUT2D eigenvalue weighted by Crippen LogP contribution is 2.42. The van der Waals surface area contributed by atoms with Crippen LogP contribution in [0.15, 0.2) is 164 Å². The van der Waals surface area contributed by atoms with Crippen LogP contribution in [0, 0.1) is 11.3 Å². The van der Waals surface area contributed by atoms with Gasteiger partial charge in [0.25, 0.3) is 0 Å². The SMILES string of the molecule is N#Cc1cccc(-c2ccc3sc4ccc(-c5nc(-c6ccccc6)nc(-c6ccccc6)n5)cc4c3c2)c1-n1c2ccccc2c2ccccc21. The van der Waals surface area contributed by atoms with E-state index in [2.05, 4.69) is 102 Å². The molecule has 0 unspecified atom stereocenters. The Morgan fingerprint density at radius 3 is 1.52 bits per heavy atom. The van der Waals surface area contributed by atoms with Crippen molar-refractivity contribution >= 4 is 53.3 Å². The molecule has 10 rings (SSSR count). The lowest BCUT2D eigenvalue weighted by Crippen LogP contribution is -2.00. The third-order valence-electron chi connectivity index (χ3n) is 9.70. The maximum absolute atomic E-state index is 10.5. The molecule has 7 aromatic carbocycles. The van der Waals surface area contributed by atoms with Crippen LogP contribution < -0.4 is 0 Å². The Morgan fingerprint density at radius 1 is 0.442 bits per heavy atom. The summed E-state index contributed by atoms with van der Waals surface area (Å²) in [5.41, 5.74) is 8.50. The quantitative estimate of drug-likeness (QED) is 0.181. The molecule has 3 heterocycles. The van der Waals surface area contributed by atoms with Crippen LogP contribution in [0.3, 0.4) is 0 Å². The van der Waals surface area contributed by atoms with Gasteiger partial charge >= 0.3 is 0 Å². The monoisotopic (exact) mass is 681 g/mol. The Labute approximate surface area is 303 Å². The number of benzene rings is 7. The number of para-hydroxylation sites is 3. The molecule has 0 atom stereocenters. The van der Waals surface area contributed by atoms with E-state index in [-0.39, 0.29) is 0 Å². The molecule has 0 saturated carbocycles. The maximum Gasteiger partial charge on any atom is 0.164 e. The van der Waals surface area contributed by atoms with Crippen molar-refractivity contribution in [3.63, 3.8) is 0 Å². The molecule has 0 aliphatic carbocycles. The molecule has 0 aliphatic heterocycles. The molecule has 0 fully saturated rings. The Morgan fingerprint density at radius 2 is 0.942 bits per heavy atom. The first-order chi connectivity index (χ1) is 25.7. The third kappa shape index (κ3) is 4.87. The van der Waals surface area contributed by atoms with E-state index >= 15 is 0 Å². The van der Waals surface area contributed by atoms with Crippen LogP contribution in [0.4, 0.5) is 0 Å². The number of aromatic nitrogens is 4. The second-order valence-electron chi connectivity index (χ2n) is 12.7. The van der Waals surface area contributed by atoms with E-state index in [9.17, 15) is 5.26 Å². The Balaban J connectivity index is 1.17. The van der Waals surface area contributed by atoms with E-state index in [1.165, 1.54) is 9.40 Å². The number of thiophene rings is 1. The smallest absolute Gasteiger partial charge is 0.164 e. The van der Waals surface area contributed by atoms with Crippen LogP contribution in [-0.2, 0) is 0 Å². The third-order valence-corrected chi connectivity index (χ3v) is 10.8. The van der Waals surface area contributed by atoms with Gasteiger partial charge < -0.3 is 4.57 Å². The van der Waals surface area contributed by atoms with E-state index in [0.29, 0.717) is 23.0 Å². The van der Waals surface area contributed by atoms with Crippen molar-refractivity contribution in [2.24, 2.45) is 0 Å². The molecule has 52 heavy (non-hydrogen) atoms. The van der Waals surface area contributed by atoms with Crippen LogP contribution >= 0.6 is 11.3 Å². The van der Waals surface area contributed by atoms with Gasteiger partial charge in [-0.2, -0.15) is 5.26 Å². The topological polar surface area (TPSA) is 67.4 Å². The van der Waals surface area contributed by atoms with Crippen LogP contribution in [0.1, 0.15) is 5.56 Å². The van der Waals surface area contributed by atoms with Crippen molar-refractivity contribution in [2.45, 2.75) is 0 Å². The molecule has 0 bridgehead atoms. The second kappa shape index (κ2) is 12.1. The highest BCUT2D eigenvalue weighted by molar-refractivity contribution is 7.25. The minimum Gasteiger partial charge on any atom is -0.307 e. The summed E-state index contributed by atoms with van der Waals surface area (Å²) < 4.78 is 4.63. The molecule has 6 heteroatoms. The van der Waals surface area contributed by atoms with Crippen LogP contribution in [-0.4, -0.2) is 19.5 Å². The summed E-state index contributed by atoms with van der Waals surface area (Å²) in [4.78, 5) is 14.9. The standard InChI is InChI=1S/C46H27N5S/c47-28-33-16-11-19-34(43(33)51-39-20-9-7-17-35(39)36-18-8-10-21-40(36)51)31-22-24-41-37(26-31)38-27-32(23-25-42(38)52-41)46-49-44(29-12-3-1-4-13-29)48-45(50-46)30-14-5-2-6-15-30/h1-27H. The average molecular weight is 682 g/mol. The zero-order valence-electron chi connectivity index (χ0n) is 27.7. The largest absolute Gasteiger partial charge is 0.307 e. The predicted molar refractivity (Wildman–Crippen MR) is 214 cm³/mol. The number of rotatable bonds is 5. The molecule has 0 spiro atoms. The van der Waals surface area contributed by atoms with Gasteiger partial charge in [-0.25, -0.2) is 15.0 Å². The van der Waals surface area contributed by atoms with Crippen molar-refractivity contribution < 1.29 is 0 Å². The van der Waals surface area contributed by atoms with Gasteiger partial charge in [-0.1, -0.05) is 115 Å². The van der Waals surface area contributed by atoms with Crippen LogP contribution in [0.25, 0.3) is 93.0 Å². The highest BCUT2D eigenvalue weighted by Gasteiger charge is 2.20. The number of nitriles is 1. The molecule has 242 valence electrons. The van der Waals surface area contributed by atoms with E-state index in [1.54, 1.807) is 11.3 Å². The van der Waals surface area contributed by atoms with Gasteiger partial charge in [-0.3, -0.25) is 0 Å². The lowest BCUT2D eigenvalue weighted by atomic mass is 9.98. The van der Waals surface area contributed by atoms with E-state index in [4.69, 9.17) is 15.0 Å². The molecule has 0 aliphatic rings. The molecule has 0 radical (unpaired) electrons. The van der Waals surface area contributed by atoms with Crippen LogP contribution in [0.5, 0.6) is 0 Å². The molecule has 0 N–H and O–H groups in total. The van der Waals surface area contributed by atoms with Crippen molar-refractivity contribution in [1.82, 2.24) is 19.5 Å². The molecule has 0 saturated heterocycles. The van der Waals surface area contributed by atoms with E-state index in [1.807, 2.05) is 72.8 Å². The fraction of sp³-hybridized carbons (Fsp3) is 0. The maximum atomic E-state index is 10.5. The van der Waals surface area contributed by atoms with Gasteiger partial charge in [0.2, 0.25) is 0 Å². The fourth-order valence-corrected chi connectivity index (χ4v) is 8.36. The van der Waals surface area contributed by atoms with Crippen molar-refractivity contribution in [1.29, 1.82) is 5.26 Å². The second-order valence-corrected chi connectivity index (χ2v) is 13.8. The van der Waals surface area contributed by atoms with Crippen molar-refractivity contribution in [3.05, 3.63) is 169 Å². The molecule has 3 aromatic heterocycles. The van der Waals surface area contributed by atoms with Crippen molar-refractivity contribution in [2.75, 3.05) is 0 Å². The summed E-state index contributed by atoms with van der Waals surface area (Å²) in [5, 5.41) is 15.1. The van der Waals surface area contributed by atoms with Gasteiger partial charge in [0.1, 0.15) is 6.07 Å². The molecule has 0 amide bonds. The van der Waals surface area contributed by atoms with Gasteiger partial charge in [-0.05, 0) is 54.1 Å². The molecular formula is C46H27N5S. The fourth-order valence-electron chi connectivity index (χ4n) is 7.29.